The maximum atomic E-state index is 15.0. The number of hydrogen-bond donors (Lipinski definition) is 0. The molecule has 0 saturated carbocycles. The Labute approximate surface area is 195 Å². The van der Waals surface area contributed by atoms with Gasteiger partial charge >= 0.3 is 0 Å². The molecule has 186 valence electrons. The fourth-order valence-corrected chi connectivity index (χ4v) is 5.92. The van der Waals surface area contributed by atoms with Crippen LogP contribution in [-0.4, -0.2) is 14.8 Å². The van der Waals surface area contributed by atoms with Gasteiger partial charge in [-0.2, -0.15) is 0 Å². The highest BCUT2D eigenvalue weighted by atomic mass is 28.3. The zero-order valence-corrected chi connectivity index (χ0v) is 19.5. The lowest BCUT2D eigenvalue weighted by Gasteiger charge is -2.31. The predicted molar refractivity (Wildman–Crippen MR) is 115 cm³/mol. The minimum Gasteiger partial charge on any atom is -0.204 e. The largest absolute Gasteiger partial charge is 0.232 e. The van der Waals surface area contributed by atoms with Gasteiger partial charge in [-0.05, 0) is 5.82 Å². The van der Waals surface area contributed by atoms with Gasteiger partial charge in [0.05, 0.1) is 0 Å². The summed E-state index contributed by atoms with van der Waals surface area (Å²) >= 11 is 0. The first kappa shape index (κ1) is 26.8. The Bertz CT molecular complexity index is 1150. The van der Waals surface area contributed by atoms with Gasteiger partial charge in [-0.25, -0.2) is 43.9 Å². The first-order valence-electron chi connectivity index (χ1n) is 10.3. The summed E-state index contributed by atoms with van der Waals surface area (Å²) in [4.78, 5) is 0. The van der Waals surface area contributed by atoms with Crippen LogP contribution in [0.4, 0.5) is 43.9 Å². The van der Waals surface area contributed by atoms with Gasteiger partial charge in [0.2, 0.25) is 6.71 Å². The Morgan fingerprint density at radius 1 is 0.543 bits per heavy atom. The van der Waals surface area contributed by atoms with Crippen LogP contribution >= 0.6 is 0 Å². The lowest BCUT2D eigenvalue weighted by Crippen LogP contribution is -2.55. The lowest BCUT2D eigenvalue weighted by molar-refractivity contribution is 0.381. The van der Waals surface area contributed by atoms with Gasteiger partial charge in [0.25, 0.3) is 0 Å². The summed E-state index contributed by atoms with van der Waals surface area (Å²) in [5.74, 6) is -25.8. The molecule has 0 saturated heterocycles. The Balaban J connectivity index is 2.54. The molecule has 0 amide bonds. The molecular weight excluding hydrogens is 505 g/mol. The van der Waals surface area contributed by atoms with E-state index in [1.54, 1.807) is 19.6 Å². The van der Waals surface area contributed by atoms with Crippen molar-refractivity contribution in [3.63, 3.8) is 0 Å². The van der Waals surface area contributed by atoms with Crippen LogP contribution in [0.5, 0.6) is 0 Å². The van der Waals surface area contributed by atoms with Crippen LogP contribution in [0, 0.1) is 58.2 Å². The van der Waals surface area contributed by atoms with E-state index in [1.165, 1.54) is 30.3 Å². The van der Waals surface area contributed by atoms with Crippen molar-refractivity contribution in [3.8, 4) is 0 Å². The van der Waals surface area contributed by atoms with E-state index >= 15 is 0 Å². The molecule has 0 bridgehead atoms. The Morgan fingerprint density at radius 2 is 0.857 bits per heavy atom. The second kappa shape index (κ2) is 9.71. The number of halogens is 10. The maximum absolute atomic E-state index is 15.0. The SMILES string of the molecule is C[Si](C)(C)CC(B(c1c(F)c(F)c(F)c(F)c1F)c1c(F)c(F)c(F)c(F)c1F)c1ccccc1. The van der Waals surface area contributed by atoms with E-state index in [-0.39, 0.29) is 11.6 Å². The fourth-order valence-electron chi connectivity index (χ4n) is 4.12. The Hall–Kier alpha value is -2.76. The highest BCUT2D eigenvalue weighted by Crippen LogP contribution is 2.32. The molecular formula is C23H17BF10Si. The van der Waals surface area contributed by atoms with Gasteiger partial charge in [0, 0.05) is 19.0 Å². The molecule has 0 radical (unpaired) electrons. The van der Waals surface area contributed by atoms with Crippen LogP contribution in [0.15, 0.2) is 30.3 Å². The molecule has 0 N–H and O–H groups in total. The van der Waals surface area contributed by atoms with Crippen molar-refractivity contribution in [3.05, 3.63) is 94.1 Å². The summed E-state index contributed by atoms with van der Waals surface area (Å²) in [6.45, 7) is 2.80. The summed E-state index contributed by atoms with van der Waals surface area (Å²) in [5, 5.41) is 0. The highest BCUT2D eigenvalue weighted by molar-refractivity contribution is 6.88. The topological polar surface area (TPSA) is 0 Å². The molecule has 0 aliphatic rings. The second-order valence-corrected chi connectivity index (χ2v) is 14.8. The van der Waals surface area contributed by atoms with Crippen LogP contribution in [0.2, 0.25) is 25.7 Å². The molecule has 0 aliphatic carbocycles. The van der Waals surface area contributed by atoms with Crippen molar-refractivity contribution in [2.24, 2.45) is 0 Å². The van der Waals surface area contributed by atoms with Crippen LogP contribution in [-0.2, 0) is 0 Å². The monoisotopic (exact) mass is 522 g/mol. The average molecular weight is 522 g/mol. The molecule has 3 aromatic carbocycles. The molecule has 0 fully saturated rings. The zero-order chi connectivity index (χ0) is 26.4. The lowest BCUT2D eigenvalue weighted by atomic mass is 9.32. The number of hydrogen-bond acceptors (Lipinski definition) is 0. The van der Waals surface area contributed by atoms with E-state index in [0.717, 1.165) is 0 Å². The van der Waals surface area contributed by atoms with E-state index in [2.05, 4.69) is 0 Å². The molecule has 1 atom stereocenters. The van der Waals surface area contributed by atoms with E-state index in [4.69, 9.17) is 0 Å². The summed E-state index contributed by atoms with van der Waals surface area (Å²) in [6.07, 6.45) is 0. The summed E-state index contributed by atoms with van der Waals surface area (Å²) in [6, 6.07) is 7.09. The first-order valence-corrected chi connectivity index (χ1v) is 14.0. The second-order valence-electron chi connectivity index (χ2n) is 9.23. The number of benzene rings is 3. The van der Waals surface area contributed by atoms with Crippen molar-refractivity contribution in [1.29, 1.82) is 0 Å². The van der Waals surface area contributed by atoms with Crippen LogP contribution in [0.25, 0.3) is 0 Å². The van der Waals surface area contributed by atoms with Gasteiger partial charge in [0.15, 0.2) is 58.2 Å². The van der Waals surface area contributed by atoms with Crippen LogP contribution in [0.1, 0.15) is 11.4 Å². The molecule has 0 spiro atoms. The molecule has 3 aromatic rings. The van der Waals surface area contributed by atoms with E-state index < -0.39 is 89.7 Å². The predicted octanol–water partition coefficient (Wildman–Crippen LogP) is 6.35. The Morgan fingerprint density at radius 3 is 1.17 bits per heavy atom. The third-order valence-corrected chi connectivity index (χ3v) is 7.24. The molecule has 0 heterocycles. The van der Waals surface area contributed by atoms with Gasteiger partial charge in [-0.15, -0.1) is 0 Å². The van der Waals surface area contributed by atoms with E-state index in [9.17, 15) is 43.9 Å². The summed E-state index contributed by atoms with van der Waals surface area (Å²) < 4.78 is 144. The van der Waals surface area contributed by atoms with Gasteiger partial charge in [0.1, 0.15) is 0 Å². The van der Waals surface area contributed by atoms with Gasteiger partial charge < -0.3 is 0 Å². The molecule has 35 heavy (non-hydrogen) atoms. The third kappa shape index (κ3) is 4.85. The van der Waals surface area contributed by atoms with Crippen LogP contribution < -0.4 is 10.9 Å². The molecule has 0 nitrogen and oxygen atoms in total. The van der Waals surface area contributed by atoms with Crippen molar-refractivity contribution in [2.45, 2.75) is 31.5 Å². The summed E-state index contributed by atoms with van der Waals surface area (Å²) in [5.41, 5.74) is -3.22. The van der Waals surface area contributed by atoms with Crippen LogP contribution in [0.3, 0.4) is 0 Å². The van der Waals surface area contributed by atoms with Crippen molar-refractivity contribution < 1.29 is 43.9 Å². The third-order valence-electron chi connectivity index (χ3n) is 5.57. The fraction of sp³-hybridized carbons (Fsp3) is 0.217. The van der Waals surface area contributed by atoms with Crippen molar-refractivity contribution in [1.82, 2.24) is 0 Å². The van der Waals surface area contributed by atoms with E-state index in [0.29, 0.717) is 0 Å². The number of rotatable bonds is 6. The average Bonchev–Trinajstić information content (AvgIpc) is 2.81. The minimum atomic E-state index is -2.53. The summed E-state index contributed by atoms with van der Waals surface area (Å²) in [7, 11) is -2.39. The molecule has 0 aromatic heterocycles. The van der Waals surface area contributed by atoms with Gasteiger partial charge in [-0.1, -0.05) is 61.6 Å². The smallest absolute Gasteiger partial charge is 0.204 e. The molecule has 0 aliphatic heterocycles. The molecule has 1 unspecified atom stereocenters. The highest BCUT2D eigenvalue weighted by Gasteiger charge is 2.45. The molecule has 12 heteroatoms. The molecule has 3 rings (SSSR count). The first-order chi connectivity index (χ1) is 16.2. The van der Waals surface area contributed by atoms with Crippen molar-refractivity contribution in [2.75, 3.05) is 0 Å². The maximum Gasteiger partial charge on any atom is 0.232 e. The minimum absolute atomic E-state index is 0.0688. The van der Waals surface area contributed by atoms with E-state index in [1.807, 2.05) is 0 Å². The normalized spacial score (nSPS) is 12.7. The van der Waals surface area contributed by atoms with Crippen molar-refractivity contribution >= 4 is 25.7 Å². The van der Waals surface area contributed by atoms with Gasteiger partial charge in [-0.3, -0.25) is 0 Å². The Kier molecular flexibility index (Phi) is 7.45. The standard InChI is InChI=1S/C23H17BF10Si/c1-35(2,3)9-11(10-7-5-4-6-8-10)24(12-14(25)18(29)22(33)19(30)15(12)26)13-16(27)20(31)23(34)21(32)17(13)28/h4-8,11H,9H2,1-3H3. The quantitative estimate of drug-likeness (QED) is 0.153. The zero-order valence-electron chi connectivity index (χ0n) is 18.5.